The van der Waals surface area contributed by atoms with Gasteiger partial charge in [0.2, 0.25) is 5.91 Å². The standard InChI is InChI=1S/C12H24N2O3/c1-4-12(3,16)9-13-10(2)11(15)14-5-7-17-8-6-14/h10,13,16H,4-9H2,1-3H3. The quantitative estimate of drug-likeness (QED) is 0.714. The zero-order valence-electron chi connectivity index (χ0n) is 11.0. The van der Waals surface area contributed by atoms with Gasteiger partial charge in [0.05, 0.1) is 24.9 Å². The second-order valence-electron chi connectivity index (χ2n) is 4.89. The minimum absolute atomic E-state index is 0.0835. The summed E-state index contributed by atoms with van der Waals surface area (Å²) in [6.45, 7) is 8.52. The number of morpholine rings is 1. The first-order chi connectivity index (χ1) is 7.96. The van der Waals surface area contributed by atoms with Crippen molar-refractivity contribution in [3.8, 4) is 0 Å². The van der Waals surface area contributed by atoms with Crippen LogP contribution in [0, 0.1) is 0 Å². The maximum Gasteiger partial charge on any atom is 0.239 e. The van der Waals surface area contributed by atoms with Crippen molar-refractivity contribution in [2.75, 3.05) is 32.8 Å². The molecule has 1 fully saturated rings. The summed E-state index contributed by atoms with van der Waals surface area (Å²) in [5.74, 6) is 0.0835. The summed E-state index contributed by atoms with van der Waals surface area (Å²) in [7, 11) is 0. The highest BCUT2D eigenvalue weighted by molar-refractivity contribution is 5.81. The van der Waals surface area contributed by atoms with Crippen LogP contribution in [-0.2, 0) is 9.53 Å². The molecule has 2 N–H and O–H groups in total. The summed E-state index contributed by atoms with van der Waals surface area (Å²) >= 11 is 0. The molecule has 0 aromatic carbocycles. The van der Waals surface area contributed by atoms with E-state index in [1.54, 1.807) is 6.92 Å². The lowest BCUT2D eigenvalue weighted by atomic mass is 10.0. The highest BCUT2D eigenvalue weighted by atomic mass is 16.5. The molecule has 2 atom stereocenters. The minimum atomic E-state index is -0.750. The average Bonchev–Trinajstić information content (AvgIpc) is 2.36. The highest BCUT2D eigenvalue weighted by Gasteiger charge is 2.24. The first-order valence-electron chi connectivity index (χ1n) is 6.28. The Bertz CT molecular complexity index is 250. The Kier molecular flexibility index (Phi) is 5.36. The molecular weight excluding hydrogens is 220 g/mol. The number of aliphatic hydroxyl groups is 1. The lowest BCUT2D eigenvalue weighted by molar-refractivity contribution is -0.137. The zero-order valence-corrected chi connectivity index (χ0v) is 11.0. The molecule has 0 spiro atoms. The minimum Gasteiger partial charge on any atom is -0.389 e. The van der Waals surface area contributed by atoms with Crippen molar-refractivity contribution in [3.63, 3.8) is 0 Å². The number of amides is 1. The molecule has 100 valence electrons. The Morgan fingerprint density at radius 1 is 1.53 bits per heavy atom. The van der Waals surface area contributed by atoms with E-state index in [4.69, 9.17) is 4.74 Å². The first-order valence-corrected chi connectivity index (χ1v) is 6.28. The Morgan fingerprint density at radius 3 is 2.65 bits per heavy atom. The van der Waals surface area contributed by atoms with E-state index in [9.17, 15) is 9.90 Å². The van der Waals surface area contributed by atoms with Crippen LogP contribution in [0.2, 0.25) is 0 Å². The molecule has 0 aromatic heterocycles. The van der Waals surface area contributed by atoms with E-state index >= 15 is 0 Å². The molecule has 0 aliphatic carbocycles. The monoisotopic (exact) mass is 244 g/mol. The van der Waals surface area contributed by atoms with E-state index in [2.05, 4.69) is 5.32 Å². The molecule has 17 heavy (non-hydrogen) atoms. The van der Waals surface area contributed by atoms with Crippen molar-refractivity contribution in [2.45, 2.75) is 38.8 Å². The number of rotatable bonds is 5. The maximum atomic E-state index is 12.0. The van der Waals surface area contributed by atoms with Crippen LogP contribution in [0.4, 0.5) is 0 Å². The lowest BCUT2D eigenvalue weighted by Crippen LogP contribution is -2.51. The molecule has 1 rings (SSSR count). The van der Waals surface area contributed by atoms with E-state index < -0.39 is 5.60 Å². The van der Waals surface area contributed by atoms with Crippen LogP contribution in [0.1, 0.15) is 27.2 Å². The predicted molar refractivity (Wildman–Crippen MR) is 65.8 cm³/mol. The van der Waals surface area contributed by atoms with Crippen LogP contribution in [0.25, 0.3) is 0 Å². The molecule has 0 radical (unpaired) electrons. The van der Waals surface area contributed by atoms with Crippen molar-refractivity contribution in [2.24, 2.45) is 0 Å². The molecule has 5 nitrogen and oxygen atoms in total. The van der Waals surface area contributed by atoms with Gasteiger partial charge in [0.25, 0.3) is 0 Å². The van der Waals surface area contributed by atoms with Gasteiger partial charge in [-0.1, -0.05) is 6.92 Å². The van der Waals surface area contributed by atoms with Crippen molar-refractivity contribution < 1.29 is 14.6 Å². The van der Waals surface area contributed by atoms with E-state index in [0.717, 1.165) is 0 Å². The van der Waals surface area contributed by atoms with Crippen LogP contribution >= 0.6 is 0 Å². The number of hydrogen-bond acceptors (Lipinski definition) is 4. The highest BCUT2D eigenvalue weighted by Crippen LogP contribution is 2.07. The van der Waals surface area contributed by atoms with Gasteiger partial charge in [-0.05, 0) is 20.3 Å². The second kappa shape index (κ2) is 6.33. The molecule has 1 amide bonds. The molecule has 0 bridgehead atoms. The third-order valence-electron chi connectivity index (χ3n) is 3.24. The fourth-order valence-corrected chi connectivity index (χ4v) is 1.64. The smallest absolute Gasteiger partial charge is 0.239 e. The molecule has 2 unspecified atom stereocenters. The predicted octanol–water partition coefficient (Wildman–Crippen LogP) is -0.0157. The Hall–Kier alpha value is -0.650. The van der Waals surface area contributed by atoms with Crippen LogP contribution < -0.4 is 5.32 Å². The average molecular weight is 244 g/mol. The van der Waals surface area contributed by atoms with Crippen LogP contribution in [0.3, 0.4) is 0 Å². The van der Waals surface area contributed by atoms with E-state index in [1.807, 2.05) is 18.7 Å². The molecule has 1 aliphatic rings. The van der Waals surface area contributed by atoms with Crippen molar-refractivity contribution >= 4 is 5.91 Å². The van der Waals surface area contributed by atoms with Crippen molar-refractivity contribution in [3.05, 3.63) is 0 Å². The lowest BCUT2D eigenvalue weighted by Gasteiger charge is -2.31. The summed E-state index contributed by atoms with van der Waals surface area (Å²) in [5.41, 5.74) is -0.750. The Morgan fingerprint density at radius 2 is 2.12 bits per heavy atom. The summed E-state index contributed by atoms with van der Waals surface area (Å²) in [6, 6.07) is -0.258. The number of nitrogens with one attached hydrogen (secondary N) is 1. The maximum absolute atomic E-state index is 12.0. The third kappa shape index (κ3) is 4.61. The molecule has 0 aromatic rings. The number of carbonyl (C=O) groups is 1. The van der Waals surface area contributed by atoms with Gasteiger partial charge in [0.1, 0.15) is 0 Å². The number of ether oxygens (including phenoxy) is 1. The molecule has 5 heteroatoms. The van der Waals surface area contributed by atoms with Gasteiger partial charge in [-0.15, -0.1) is 0 Å². The normalized spacial score (nSPS) is 22.0. The fraction of sp³-hybridized carbons (Fsp3) is 0.917. The Balaban J connectivity index is 2.36. The van der Waals surface area contributed by atoms with Crippen molar-refractivity contribution in [1.82, 2.24) is 10.2 Å². The first kappa shape index (κ1) is 14.4. The largest absolute Gasteiger partial charge is 0.389 e. The van der Waals surface area contributed by atoms with Crippen LogP contribution in [-0.4, -0.2) is 60.4 Å². The van der Waals surface area contributed by atoms with Gasteiger partial charge in [-0.3, -0.25) is 4.79 Å². The van der Waals surface area contributed by atoms with E-state index in [1.165, 1.54) is 0 Å². The summed E-state index contributed by atoms with van der Waals surface area (Å²) in [4.78, 5) is 13.8. The van der Waals surface area contributed by atoms with E-state index in [0.29, 0.717) is 39.3 Å². The molecule has 1 aliphatic heterocycles. The zero-order chi connectivity index (χ0) is 12.9. The summed E-state index contributed by atoms with van der Waals surface area (Å²) in [6.07, 6.45) is 0.665. The molecular formula is C12H24N2O3. The van der Waals surface area contributed by atoms with Gasteiger partial charge in [-0.2, -0.15) is 0 Å². The van der Waals surface area contributed by atoms with Gasteiger partial charge in [-0.25, -0.2) is 0 Å². The third-order valence-corrected chi connectivity index (χ3v) is 3.24. The number of carbonyl (C=O) groups excluding carboxylic acids is 1. The molecule has 1 saturated heterocycles. The van der Waals surface area contributed by atoms with E-state index in [-0.39, 0.29) is 11.9 Å². The van der Waals surface area contributed by atoms with Gasteiger partial charge < -0.3 is 20.1 Å². The summed E-state index contributed by atoms with van der Waals surface area (Å²) in [5, 5.41) is 12.9. The molecule has 0 saturated carbocycles. The molecule has 1 heterocycles. The van der Waals surface area contributed by atoms with Gasteiger partial charge in [0.15, 0.2) is 0 Å². The number of hydrogen-bond donors (Lipinski definition) is 2. The topological polar surface area (TPSA) is 61.8 Å². The Labute approximate surface area is 103 Å². The SMILES string of the molecule is CCC(C)(O)CNC(C)C(=O)N1CCOCC1. The van der Waals surface area contributed by atoms with Crippen molar-refractivity contribution in [1.29, 1.82) is 0 Å². The van der Waals surface area contributed by atoms with Crippen LogP contribution in [0.15, 0.2) is 0 Å². The number of nitrogens with zero attached hydrogens (tertiary/aromatic N) is 1. The fourth-order valence-electron chi connectivity index (χ4n) is 1.64. The van der Waals surface area contributed by atoms with Gasteiger partial charge in [0, 0.05) is 19.6 Å². The van der Waals surface area contributed by atoms with Crippen LogP contribution in [0.5, 0.6) is 0 Å². The second-order valence-corrected chi connectivity index (χ2v) is 4.89. The summed E-state index contributed by atoms with van der Waals surface area (Å²) < 4.78 is 5.21. The van der Waals surface area contributed by atoms with Gasteiger partial charge >= 0.3 is 0 Å².